The molecule has 1 aliphatic heterocycles. The van der Waals surface area contributed by atoms with Crippen LogP contribution in [0.1, 0.15) is 44.8 Å². The van der Waals surface area contributed by atoms with Crippen molar-refractivity contribution in [3.05, 3.63) is 70.8 Å². The van der Waals surface area contributed by atoms with Crippen LogP contribution < -0.4 is 5.32 Å². The predicted molar refractivity (Wildman–Crippen MR) is 89.5 cm³/mol. The minimum absolute atomic E-state index is 0.201. The first-order valence-corrected chi connectivity index (χ1v) is 7.78. The zero-order valence-corrected chi connectivity index (χ0v) is 13.6. The highest BCUT2D eigenvalue weighted by Gasteiger charge is 2.36. The van der Waals surface area contributed by atoms with Crippen molar-refractivity contribution in [2.45, 2.75) is 19.9 Å². The van der Waals surface area contributed by atoms with Gasteiger partial charge in [0.25, 0.3) is 11.8 Å². The van der Waals surface area contributed by atoms with E-state index in [4.69, 9.17) is 0 Å². The molecule has 1 heterocycles. The highest BCUT2D eigenvalue weighted by atomic mass is 16.2. The molecule has 5 heteroatoms. The van der Waals surface area contributed by atoms with Gasteiger partial charge in [-0.1, -0.05) is 42.0 Å². The number of carbonyl (C=O) groups is 3. The highest BCUT2D eigenvalue weighted by molar-refractivity contribution is 6.22. The van der Waals surface area contributed by atoms with E-state index < -0.39 is 11.8 Å². The smallest absolute Gasteiger partial charge is 0.262 e. The number of hydrogen-bond donors (Lipinski definition) is 1. The largest absolute Gasteiger partial charge is 0.348 e. The van der Waals surface area contributed by atoms with Gasteiger partial charge in [-0.2, -0.15) is 0 Å². The molecule has 2 aromatic carbocycles. The molecule has 0 aliphatic carbocycles. The molecule has 122 valence electrons. The molecule has 1 atom stereocenters. The number of amides is 3. The molecule has 0 unspecified atom stereocenters. The molecular weight excluding hydrogens is 304 g/mol. The first-order valence-electron chi connectivity index (χ1n) is 7.78. The number of benzene rings is 2. The summed E-state index contributed by atoms with van der Waals surface area (Å²) in [5.74, 6) is -1.21. The minimum atomic E-state index is -0.422. The first-order chi connectivity index (χ1) is 11.5. The Labute approximate surface area is 140 Å². The summed E-state index contributed by atoms with van der Waals surface area (Å²) in [5.41, 5.74) is 2.81. The molecule has 2 aromatic rings. The fourth-order valence-corrected chi connectivity index (χ4v) is 2.75. The van der Waals surface area contributed by atoms with Crippen LogP contribution in [0.2, 0.25) is 0 Å². The minimum Gasteiger partial charge on any atom is -0.348 e. The average Bonchev–Trinajstić information content (AvgIpc) is 2.81. The number of hydrogen-bond acceptors (Lipinski definition) is 3. The summed E-state index contributed by atoms with van der Waals surface area (Å²) in [5, 5.41) is 2.83. The number of fused-ring (bicyclic) bond motifs is 1. The lowest BCUT2D eigenvalue weighted by Crippen LogP contribution is -2.41. The number of imide groups is 1. The third-order valence-corrected chi connectivity index (χ3v) is 4.13. The fourth-order valence-electron chi connectivity index (χ4n) is 2.75. The maximum Gasteiger partial charge on any atom is 0.262 e. The normalized spacial score (nSPS) is 14.5. The highest BCUT2D eigenvalue weighted by Crippen LogP contribution is 2.22. The van der Waals surface area contributed by atoms with E-state index in [1.807, 2.05) is 38.1 Å². The van der Waals surface area contributed by atoms with Crippen molar-refractivity contribution in [2.24, 2.45) is 0 Å². The van der Waals surface area contributed by atoms with E-state index in [1.54, 1.807) is 24.3 Å². The standard InChI is InChI=1S/C19H18N2O3/c1-12-7-9-14(10-8-12)13(2)20-17(22)11-21-18(23)15-5-3-4-6-16(15)19(21)24/h3-10,13H,11H2,1-2H3,(H,20,22)/t13-/m1/s1. The van der Waals surface area contributed by atoms with Gasteiger partial charge in [0.15, 0.2) is 0 Å². The van der Waals surface area contributed by atoms with Crippen LogP contribution >= 0.6 is 0 Å². The van der Waals surface area contributed by atoms with Crippen LogP contribution in [0.15, 0.2) is 48.5 Å². The van der Waals surface area contributed by atoms with Crippen molar-refractivity contribution in [3.63, 3.8) is 0 Å². The fraction of sp³-hybridized carbons (Fsp3) is 0.211. The summed E-state index contributed by atoms with van der Waals surface area (Å²) >= 11 is 0. The number of nitrogens with one attached hydrogen (secondary N) is 1. The second kappa shape index (κ2) is 6.28. The lowest BCUT2D eigenvalue weighted by molar-refractivity contribution is -0.122. The van der Waals surface area contributed by atoms with E-state index in [0.29, 0.717) is 11.1 Å². The van der Waals surface area contributed by atoms with Gasteiger partial charge in [0.05, 0.1) is 17.2 Å². The van der Waals surface area contributed by atoms with Gasteiger partial charge >= 0.3 is 0 Å². The van der Waals surface area contributed by atoms with E-state index in [-0.39, 0.29) is 18.5 Å². The molecule has 5 nitrogen and oxygen atoms in total. The van der Waals surface area contributed by atoms with Gasteiger partial charge < -0.3 is 5.32 Å². The van der Waals surface area contributed by atoms with Gasteiger partial charge in [-0.05, 0) is 31.5 Å². The molecule has 1 N–H and O–H groups in total. The van der Waals surface area contributed by atoms with Gasteiger partial charge in [0, 0.05) is 0 Å². The quantitative estimate of drug-likeness (QED) is 0.879. The van der Waals surface area contributed by atoms with Crippen molar-refractivity contribution < 1.29 is 14.4 Å². The van der Waals surface area contributed by atoms with Crippen LogP contribution in [0.25, 0.3) is 0 Å². The van der Waals surface area contributed by atoms with Crippen LogP contribution in [0.4, 0.5) is 0 Å². The molecule has 0 saturated carbocycles. The summed E-state index contributed by atoms with van der Waals surface area (Å²) in [4.78, 5) is 37.7. The van der Waals surface area contributed by atoms with Crippen molar-refractivity contribution >= 4 is 17.7 Å². The Bertz CT molecular complexity index is 777. The molecule has 1 aliphatic rings. The number of rotatable bonds is 4. The number of carbonyl (C=O) groups excluding carboxylic acids is 3. The van der Waals surface area contributed by atoms with Gasteiger partial charge in [-0.15, -0.1) is 0 Å². The summed E-state index contributed by atoms with van der Waals surface area (Å²) in [6.07, 6.45) is 0. The summed E-state index contributed by atoms with van der Waals surface area (Å²) < 4.78 is 0. The zero-order valence-electron chi connectivity index (χ0n) is 13.6. The van der Waals surface area contributed by atoms with E-state index in [9.17, 15) is 14.4 Å². The third kappa shape index (κ3) is 2.93. The maximum absolute atomic E-state index is 12.3. The molecular formula is C19H18N2O3. The van der Waals surface area contributed by atoms with Crippen LogP contribution in [-0.4, -0.2) is 29.2 Å². The molecule has 0 aromatic heterocycles. The Morgan fingerprint density at radius 1 is 1.00 bits per heavy atom. The Balaban J connectivity index is 1.66. The maximum atomic E-state index is 12.3. The third-order valence-electron chi connectivity index (χ3n) is 4.13. The Hall–Kier alpha value is -2.95. The molecule has 0 saturated heterocycles. The monoisotopic (exact) mass is 322 g/mol. The van der Waals surface area contributed by atoms with E-state index in [0.717, 1.165) is 16.0 Å². The van der Waals surface area contributed by atoms with Gasteiger partial charge in [0.1, 0.15) is 6.54 Å². The Morgan fingerprint density at radius 2 is 1.54 bits per heavy atom. The van der Waals surface area contributed by atoms with Crippen LogP contribution in [-0.2, 0) is 4.79 Å². The number of nitrogens with zero attached hydrogens (tertiary/aromatic N) is 1. The van der Waals surface area contributed by atoms with E-state index >= 15 is 0 Å². The van der Waals surface area contributed by atoms with Crippen molar-refractivity contribution in [3.8, 4) is 0 Å². The van der Waals surface area contributed by atoms with Gasteiger partial charge in [-0.3, -0.25) is 19.3 Å². The summed E-state index contributed by atoms with van der Waals surface area (Å²) in [6, 6.07) is 14.2. The predicted octanol–water partition coefficient (Wildman–Crippen LogP) is 2.47. The molecule has 3 rings (SSSR count). The first kappa shape index (κ1) is 15.9. The zero-order chi connectivity index (χ0) is 17.3. The second-order valence-electron chi connectivity index (χ2n) is 5.94. The second-order valence-corrected chi connectivity index (χ2v) is 5.94. The summed E-state index contributed by atoms with van der Waals surface area (Å²) in [6.45, 7) is 3.59. The number of aryl methyl sites for hydroxylation is 1. The van der Waals surface area contributed by atoms with Crippen LogP contribution in [0, 0.1) is 6.92 Å². The molecule has 0 radical (unpaired) electrons. The lowest BCUT2D eigenvalue weighted by Gasteiger charge is -2.18. The van der Waals surface area contributed by atoms with Crippen molar-refractivity contribution in [2.75, 3.05) is 6.54 Å². The molecule has 3 amide bonds. The van der Waals surface area contributed by atoms with Crippen LogP contribution in [0.5, 0.6) is 0 Å². The van der Waals surface area contributed by atoms with E-state index in [1.165, 1.54) is 0 Å². The Kier molecular flexibility index (Phi) is 4.16. The van der Waals surface area contributed by atoms with E-state index in [2.05, 4.69) is 5.32 Å². The average molecular weight is 322 g/mol. The molecule has 0 spiro atoms. The van der Waals surface area contributed by atoms with Crippen molar-refractivity contribution in [1.82, 2.24) is 10.2 Å². The molecule has 24 heavy (non-hydrogen) atoms. The van der Waals surface area contributed by atoms with Gasteiger partial charge in [-0.25, -0.2) is 0 Å². The molecule has 0 fully saturated rings. The Morgan fingerprint density at radius 3 is 2.08 bits per heavy atom. The SMILES string of the molecule is Cc1ccc([C@@H](C)NC(=O)CN2C(=O)c3ccccc3C2=O)cc1. The molecule has 0 bridgehead atoms. The topological polar surface area (TPSA) is 66.5 Å². The summed E-state index contributed by atoms with van der Waals surface area (Å²) in [7, 11) is 0. The van der Waals surface area contributed by atoms with Gasteiger partial charge in [0.2, 0.25) is 5.91 Å². The lowest BCUT2D eigenvalue weighted by atomic mass is 10.1. The van der Waals surface area contributed by atoms with Crippen molar-refractivity contribution in [1.29, 1.82) is 0 Å². The van der Waals surface area contributed by atoms with Crippen LogP contribution in [0.3, 0.4) is 0 Å².